The summed E-state index contributed by atoms with van der Waals surface area (Å²) >= 11 is 0. The van der Waals surface area contributed by atoms with E-state index in [4.69, 9.17) is 13.6 Å². The molecule has 29 heavy (non-hydrogen) atoms. The van der Waals surface area contributed by atoms with Gasteiger partial charge in [-0.05, 0) is 18.2 Å². The number of phosphoric acid groups is 1. The van der Waals surface area contributed by atoms with Gasteiger partial charge in [0.1, 0.15) is 17.2 Å². The van der Waals surface area contributed by atoms with Gasteiger partial charge in [-0.15, -0.1) is 0 Å². The van der Waals surface area contributed by atoms with Gasteiger partial charge in [-0.3, -0.25) is 13.6 Å². The summed E-state index contributed by atoms with van der Waals surface area (Å²) in [5.74, 6) is -0.0404. The highest BCUT2D eigenvalue weighted by molar-refractivity contribution is 7.48. The van der Waals surface area contributed by atoms with Gasteiger partial charge in [0.25, 0.3) is 0 Å². The van der Waals surface area contributed by atoms with E-state index in [1.54, 1.807) is 54.6 Å². The summed E-state index contributed by atoms with van der Waals surface area (Å²) < 4.78 is 29.4. The summed E-state index contributed by atoms with van der Waals surface area (Å²) in [6, 6.07) is 19.4. The van der Waals surface area contributed by atoms with E-state index >= 15 is 0 Å². The molecule has 3 rings (SSSR count). The van der Waals surface area contributed by atoms with Crippen LogP contribution in [0.15, 0.2) is 72.8 Å². The number of para-hydroxylation sites is 3. The van der Waals surface area contributed by atoms with Crippen molar-refractivity contribution in [2.75, 3.05) is 0 Å². The highest BCUT2D eigenvalue weighted by Gasteiger charge is 2.28. The van der Waals surface area contributed by atoms with Gasteiger partial charge in [0.05, 0.1) is 19.8 Å². The first-order valence-electron chi connectivity index (χ1n) is 8.81. The predicted octanol–water partition coefficient (Wildman–Crippen LogP) is 4.86. The van der Waals surface area contributed by atoms with Crippen LogP contribution in [0.3, 0.4) is 0 Å². The lowest BCUT2D eigenvalue weighted by molar-refractivity contribution is 0.0964. The molecule has 3 N–H and O–H groups in total. The smallest absolute Gasteiger partial charge is 0.475 e. The van der Waals surface area contributed by atoms with Crippen LogP contribution >= 0.6 is 7.82 Å². The Balaban J connectivity index is 1.74. The van der Waals surface area contributed by atoms with Gasteiger partial charge in [-0.1, -0.05) is 54.6 Å². The molecule has 152 valence electrons. The van der Waals surface area contributed by atoms with Crippen molar-refractivity contribution in [3.05, 3.63) is 89.5 Å². The Morgan fingerprint density at radius 3 is 1.10 bits per heavy atom. The number of rotatable bonds is 9. The van der Waals surface area contributed by atoms with Crippen LogP contribution in [0.25, 0.3) is 0 Å². The molecule has 3 aromatic carbocycles. The van der Waals surface area contributed by atoms with Crippen molar-refractivity contribution in [1.82, 2.24) is 0 Å². The van der Waals surface area contributed by atoms with E-state index in [1.807, 2.05) is 0 Å². The van der Waals surface area contributed by atoms with Crippen LogP contribution in [0.4, 0.5) is 0 Å². The lowest BCUT2D eigenvalue weighted by atomic mass is 10.2. The van der Waals surface area contributed by atoms with Crippen LogP contribution in [-0.2, 0) is 38.0 Å². The SMILES string of the molecule is O=P(OCc1ccccc1O)(OCc1ccccc1O)OCc1ccccc1O. The highest BCUT2D eigenvalue weighted by atomic mass is 31.2. The number of benzene rings is 3. The van der Waals surface area contributed by atoms with E-state index in [1.165, 1.54) is 18.2 Å². The molecule has 0 amide bonds. The minimum Gasteiger partial charge on any atom is -0.508 e. The van der Waals surface area contributed by atoms with Crippen LogP contribution in [0.5, 0.6) is 17.2 Å². The average Bonchev–Trinajstić information content (AvgIpc) is 2.72. The molecule has 0 unspecified atom stereocenters. The first kappa shape index (κ1) is 20.9. The molecule has 0 saturated carbocycles. The monoisotopic (exact) mass is 416 g/mol. The minimum absolute atomic E-state index is 0.0135. The molecular formula is C21H21O7P. The quantitative estimate of drug-likeness (QED) is 0.428. The molecule has 0 saturated heterocycles. The second-order valence-corrected chi connectivity index (χ2v) is 7.82. The topological polar surface area (TPSA) is 105 Å². The number of phosphoric ester groups is 1. The Labute approximate surface area is 168 Å². The van der Waals surface area contributed by atoms with Gasteiger partial charge in [0.15, 0.2) is 0 Å². The van der Waals surface area contributed by atoms with Crippen molar-refractivity contribution in [1.29, 1.82) is 0 Å². The molecule has 0 aliphatic heterocycles. The minimum atomic E-state index is -4.11. The van der Waals surface area contributed by atoms with Gasteiger partial charge in [0, 0.05) is 16.7 Å². The maximum atomic E-state index is 13.2. The first-order chi connectivity index (χ1) is 14.0. The lowest BCUT2D eigenvalue weighted by Gasteiger charge is -2.19. The first-order valence-corrected chi connectivity index (χ1v) is 10.3. The maximum Gasteiger partial charge on any atom is 0.475 e. The summed E-state index contributed by atoms with van der Waals surface area (Å²) in [7, 11) is -4.11. The van der Waals surface area contributed by atoms with Gasteiger partial charge in [-0.25, -0.2) is 4.57 Å². The van der Waals surface area contributed by atoms with Crippen LogP contribution in [0, 0.1) is 0 Å². The molecule has 0 aliphatic rings. The zero-order valence-electron chi connectivity index (χ0n) is 15.5. The number of phenolic OH excluding ortho intramolecular Hbond substituents is 3. The second-order valence-electron chi connectivity index (χ2n) is 6.15. The van der Waals surface area contributed by atoms with E-state index in [0.717, 1.165) is 0 Å². The van der Waals surface area contributed by atoms with E-state index < -0.39 is 7.82 Å². The number of hydrogen-bond donors (Lipinski definition) is 3. The van der Waals surface area contributed by atoms with E-state index in [9.17, 15) is 19.9 Å². The van der Waals surface area contributed by atoms with Gasteiger partial charge in [0.2, 0.25) is 0 Å². The summed E-state index contributed by atoms with van der Waals surface area (Å²) in [6.07, 6.45) is 0. The van der Waals surface area contributed by atoms with Crippen molar-refractivity contribution < 1.29 is 33.5 Å². The molecule has 3 aromatic rings. The Kier molecular flexibility index (Phi) is 6.90. The normalized spacial score (nSPS) is 11.4. The average molecular weight is 416 g/mol. The maximum absolute atomic E-state index is 13.2. The van der Waals surface area contributed by atoms with Crippen LogP contribution in [0.2, 0.25) is 0 Å². The Hall–Kier alpha value is -2.83. The summed E-state index contributed by atoms with van der Waals surface area (Å²) in [5.41, 5.74) is 1.22. The molecule has 0 fully saturated rings. The zero-order chi connectivity index (χ0) is 20.7. The second kappa shape index (κ2) is 9.58. The highest BCUT2D eigenvalue weighted by Crippen LogP contribution is 2.52. The fourth-order valence-corrected chi connectivity index (χ4v) is 3.57. The van der Waals surface area contributed by atoms with Crippen molar-refractivity contribution in [3.8, 4) is 17.2 Å². The standard InChI is InChI=1S/C21H21O7P/c22-19-10-4-1-7-16(19)13-26-29(25,27-14-17-8-2-5-11-20(17)23)28-15-18-9-3-6-12-21(18)24/h1-12,22-24H,13-15H2. The van der Waals surface area contributed by atoms with Crippen molar-refractivity contribution in [2.24, 2.45) is 0 Å². The third kappa shape index (κ3) is 5.82. The summed E-state index contributed by atoms with van der Waals surface area (Å²) in [5, 5.41) is 29.6. The molecule has 0 bridgehead atoms. The molecule has 0 spiro atoms. The van der Waals surface area contributed by atoms with Crippen LogP contribution in [0.1, 0.15) is 16.7 Å². The van der Waals surface area contributed by atoms with E-state index in [2.05, 4.69) is 0 Å². The van der Waals surface area contributed by atoms with Crippen molar-refractivity contribution in [3.63, 3.8) is 0 Å². The number of hydrogen-bond acceptors (Lipinski definition) is 7. The predicted molar refractivity (Wildman–Crippen MR) is 106 cm³/mol. The van der Waals surface area contributed by atoms with Crippen molar-refractivity contribution >= 4 is 7.82 Å². The molecule has 8 heteroatoms. The third-order valence-corrected chi connectivity index (χ3v) is 5.45. The lowest BCUT2D eigenvalue weighted by Crippen LogP contribution is -2.02. The number of phenols is 3. The van der Waals surface area contributed by atoms with Gasteiger partial charge in [-0.2, -0.15) is 0 Å². The van der Waals surface area contributed by atoms with E-state index in [-0.39, 0.29) is 37.1 Å². The zero-order valence-corrected chi connectivity index (χ0v) is 16.4. The van der Waals surface area contributed by atoms with Gasteiger partial charge >= 0.3 is 7.82 Å². The molecule has 7 nitrogen and oxygen atoms in total. The molecule has 0 aliphatic carbocycles. The Morgan fingerprint density at radius 2 is 0.828 bits per heavy atom. The summed E-state index contributed by atoms with van der Waals surface area (Å²) in [6.45, 7) is -0.650. The molecule has 0 radical (unpaired) electrons. The molecule has 0 atom stereocenters. The Bertz CT molecular complexity index is 878. The third-order valence-electron chi connectivity index (χ3n) is 4.11. The van der Waals surface area contributed by atoms with Crippen molar-refractivity contribution in [2.45, 2.75) is 19.8 Å². The van der Waals surface area contributed by atoms with Crippen LogP contribution < -0.4 is 0 Å². The molecule has 0 heterocycles. The summed E-state index contributed by atoms with van der Waals surface area (Å²) in [4.78, 5) is 0. The van der Waals surface area contributed by atoms with E-state index in [0.29, 0.717) is 16.7 Å². The molecular weight excluding hydrogens is 395 g/mol. The van der Waals surface area contributed by atoms with Crippen LogP contribution in [-0.4, -0.2) is 15.3 Å². The fraction of sp³-hybridized carbons (Fsp3) is 0.143. The fourth-order valence-electron chi connectivity index (χ4n) is 2.46. The van der Waals surface area contributed by atoms with Gasteiger partial charge < -0.3 is 15.3 Å². The Morgan fingerprint density at radius 1 is 0.552 bits per heavy atom. The largest absolute Gasteiger partial charge is 0.508 e. The number of aromatic hydroxyl groups is 3. The molecule has 0 aromatic heterocycles.